The average molecular weight is 496 g/mol. The van der Waals surface area contributed by atoms with Crippen LogP contribution in [0.4, 0.5) is 5.82 Å². The van der Waals surface area contributed by atoms with E-state index in [0.29, 0.717) is 0 Å². The second-order valence-corrected chi connectivity index (χ2v) is 10.5. The minimum absolute atomic E-state index is 0.0204. The first kappa shape index (κ1) is 26.0. The molecule has 1 amide bonds. The van der Waals surface area contributed by atoms with Crippen molar-refractivity contribution in [2.24, 2.45) is 0 Å². The largest absolute Gasteiger partial charge is 0.353 e. The van der Waals surface area contributed by atoms with Gasteiger partial charge in [-0.3, -0.25) is 4.79 Å². The van der Waals surface area contributed by atoms with Crippen LogP contribution >= 0.6 is 12.2 Å². The number of pyridine rings is 1. The van der Waals surface area contributed by atoms with Crippen LogP contribution in [0.5, 0.6) is 0 Å². The maximum absolute atomic E-state index is 12.7. The van der Waals surface area contributed by atoms with Crippen molar-refractivity contribution in [1.82, 2.24) is 20.1 Å². The van der Waals surface area contributed by atoms with E-state index in [1.165, 1.54) is 16.5 Å². The number of amides is 1. The zero-order chi connectivity index (χ0) is 24.8. The highest BCUT2D eigenvalue weighted by molar-refractivity contribution is 7.80. The molecule has 190 valence electrons. The molecule has 4 rings (SSSR count). The highest BCUT2D eigenvalue weighted by atomic mass is 32.1. The molecule has 2 saturated heterocycles. The topological polar surface area (TPSA) is 51.7 Å². The van der Waals surface area contributed by atoms with Crippen molar-refractivity contribution >= 4 is 39.7 Å². The number of aryl methyl sites for hydroxylation is 1. The number of nitrogens with one attached hydrogen (secondary N) is 1. The van der Waals surface area contributed by atoms with Crippen molar-refractivity contribution < 1.29 is 4.79 Å². The minimum Gasteiger partial charge on any atom is -0.353 e. The molecule has 2 fully saturated rings. The number of hydrogen-bond donors (Lipinski definition) is 1. The second-order valence-electron chi connectivity index (χ2n) is 9.96. The number of aromatic nitrogens is 1. The van der Waals surface area contributed by atoms with Crippen LogP contribution in [-0.2, 0) is 11.2 Å². The summed E-state index contributed by atoms with van der Waals surface area (Å²) in [4.78, 5) is 25.6. The molecule has 1 atom stereocenters. The standard InChI is InChI=1S/C28H41N5OS/c1-4-31(5-2)13-7-8-23(35)19-22-10-11-25-24(20-22)21(3)18-27(30-25)32-14-16-33(17-15-32)28(34)26-9-6-12-29-26/h10-11,18,20,26,29H,4-9,12-17,19H2,1-3H3/t26-/m0/s1. The van der Waals surface area contributed by atoms with Gasteiger partial charge in [-0.15, -0.1) is 0 Å². The number of carbonyl (C=O) groups excluding carboxylic acids is 1. The van der Waals surface area contributed by atoms with Gasteiger partial charge in [-0.1, -0.05) is 32.1 Å². The van der Waals surface area contributed by atoms with Crippen LogP contribution in [-0.4, -0.2) is 84.0 Å². The lowest BCUT2D eigenvalue weighted by molar-refractivity contribution is -0.133. The number of anilines is 1. The molecule has 2 aromatic rings. The molecule has 2 aliphatic rings. The lowest BCUT2D eigenvalue weighted by atomic mass is 10.0. The van der Waals surface area contributed by atoms with Crippen LogP contribution < -0.4 is 10.2 Å². The Kier molecular flexibility index (Phi) is 9.09. The zero-order valence-corrected chi connectivity index (χ0v) is 22.5. The van der Waals surface area contributed by atoms with E-state index in [-0.39, 0.29) is 11.9 Å². The molecule has 0 aliphatic carbocycles. The Bertz CT molecular complexity index is 1020. The van der Waals surface area contributed by atoms with Gasteiger partial charge in [0.2, 0.25) is 5.91 Å². The third-order valence-corrected chi connectivity index (χ3v) is 7.91. The van der Waals surface area contributed by atoms with E-state index in [1.807, 2.05) is 4.90 Å². The molecule has 1 N–H and O–H groups in total. The number of carbonyl (C=O) groups is 1. The molecule has 0 unspecified atom stereocenters. The van der Waals surface area contributed by atoms with E-state index >= 15 is 0 Å². The van der Waals surface area contributed by atoms with Gasteiger partial charge in [-0.2, -0.15) is 0 Å². The van der Waals surface area contributed by atoms with Crippen LogP contribution in [0, 0.1) is 6.92 Å². The third kappa shape index (κ3) is 6.57. The van der Waals surface area contributed by atoms with Gasteiger partial charge >= 0.3 is 0 Å². The highest BCUT2D eigenvalue weighted by Gasteiger charge is 2.29. The summed E-state index contributed by atoms with van der Waals surface area (Å²) in [5.41, 5.74) is 3.55. The molecule has 0 spiro atoms. The summed E-state index contributed by atoms with van der Waals surface area (Å²) < 4.78 is 0. The molecule has 1 aromatic heterocycles. The molecule has 6 nitrogen and oxygen atoms in total. The average Bonchev–Trinajstić information content (AvgIpc) is 3.42. The smallest absolute Gasteiger partial charge is 0.239 e. The van der Waals surface area contributed by atoms with E-state index in [0.717, 1.165) is 101 Å². The Balaban J connectivity index is 1.35. The monoisotopic (exact) mass is 495 g/mol. The van der Waals surface area contributed by atoms with Crippen molar-refractivity contribution in [3.05, 3.63) is 35.4 Å². The Labute approximate surface area is 216 Å². The van der Waals surface area contributed by atoms with Gasteiger partial charge in [0.05, 0.1) is 11.6 Å². The highest BCUT2D eigenvalue weighted by Crippen LogP contribution is 2.25. The molecule has 0 bridgehead atoms. The van der Waals surface area contributed by atoms with Gasteiger partial charge < -0.3 is 20.0 Å². The lowest BCUT2D eigenvalue weighted by Gasteiger charge is -2.36. The third-order valence-electron chi connectivity index (χ3n) is 7.57. The predicted molar refractivity (Wildman–Crippen MR) is 150 cm³/mol. The van der Waals surface area contributed by atoms with Gasteiger partial charge in [0, 0.05) is 38.0 Å². The van der Waals surface area contributed by atoms with Crippen molar-refractivity contribution in [2.45, 2.75) is 58.9 Å². The number of rotatable bonds is 10. The number of thiocarbonyl (C=S) groups is 1. The predicted octanol–water partition coefficient (Wildman–Crippen LogP) is 3.98. The van der Waals surface area contributed by atoms with E-state index in [1.54, 1.807) is 0 Å². The molecule has 7 heteroatoms. The SMILES string of the molecule is CCN(CC)CCCC(=S)Cc1ccc2nc(N3CCN(C(=O)[C@@H]4CCCN4)CC3)cc(C)c2c1. The molecular weight excluding hydrogens is 454 g/mol. The normalized spacial score (nSPS) is 18.6. The fraction of sp³-hybridized carbons (Fsp3) is 0.607. The van der Waals surface area contributed by atoms with E-state index in [2.05, 4.69) is 60.2 Å². The van der Waals surface area contributed by atoms with Crippen molar-refractivity contribution in [1.29, 1.82) is 0 Å². The number of benzene rings is 1. The zero-order valence-electron chi connectivity index (χ0n) is 21.7. The van der Waals surface area contributed by atoms with Crippen LogP contribution in [0.25, 0.3) is 10.9 Å². The first-order valence-corrected chi connectivity index (χ1v) is 13.8. The van der Waals surface area contributed by atoms with Gasteiger partial charge in [-0.25, -0.2) is 4.98 Å². The Morgan fingerprint density at radius 1 is 1.17 bits per heavy atom. The maximum Gasteiger partial charge on any atom is 0.239 e. The van der Waals surface area contributed by atoms with Crippen molar-refractivity contribution in [3.63, 3.8) is 0 Å². The number of piperazine rings is 1. The van der Waals surface area contributed by atoms with Gasteiger partial charge in [0.1, 0.15) is 5.82 Å². The second kappa shape index (κ2) is 12.2. The van der Waals surface area contributed by atoms with Gasteiger partial charge in [0.15, 0.2) is 0 Å². The lowest BCUT2D eigenvalue weighted by Crippen LogP contribution is -2.53. The van der Waals surface area contributed by atoms with E-state index in [9.17, 15) is 4.79 Å². The summed E-state index contributed by atoms with van der Waals surface area (Å²) in [6, 6.07) is 8.81. The fourth-order valence-corrected chi connectivity index (χ4v) is 5.63. The van der Waals surface area contributed by atoms with Crippen LogP contribution in [0.1, 0.15) is 50.7 Å². The summed E-state index contributed by atoms with van der Waals surface area (Å²) in [5.74, 6) is 1.28. The number of nitrogens with zero attached hydrogens (tertiary/aromatic N) is 4. The minimum atomic E-state index is 0.0204. The Hall–Kier alpha value is -2.09. The first-order chi connectivity index (χ1) is 17.0. The number of fused-ring (bicyclic) bond motifs is 1. The maximum atomic E-state index is 12.7. The van der Waals surface area contributed by atoms with Crippen LogP contribution in [0.15, 0.2) is 24.3 Å². The molecule has 0 saturated carbocycles. The molecule has 2 aliphatic heterocycles. The van der Waals surface area contributed by atoms with Gasteiger partial charge in [-0.05, 0) is 93.0 Å². The molecule has 0 radical (unpaired) electrons. The summed E-state index contributed by atoms with van der Waals surface area (Å²) in [6.07, 6.45) is 5.06. The summed E-state index contributed by atoms with van der Waals surface area (Å²) in [6.45, 7) is 14.1. The van der Waals surface area contributed by atoms with Crippen LogP contribution in [0.3, 0.4) is 0 Å². The fourth-order valence-electron chi connectivity index (χ4n) is 5.32. The number of hydrogen-bond acceptors (Lipinski definition) is 6. The summed E-state index contributed by atoms with van der Waals surface area (Å²) in [7, 11) is 0. The van der Waals surface area contributed by atoms with Crippen molar-refractivity contribution in [2.75, 3.05) is 57.3 Å². The summed E-state index contributed by atoms with van der Waals surface area (Å²) >= 11 is 5.71. The van der Waals surface area contributed by atoms with Crippen molar-refractivity contribution in [3.8, 4) is 0 Å². The summed E-state index contributed by atoms with van der Waals surface area (Å²) in [5, 5.41) is 4.54. The molecular formula is C28H41N5OS. The van der Waals surface area contributed by atoms with E-state index in [4.69, 9.17) is 17.2 Å². The Morgan fingerprint density at radius 3 is 2.63 bits per heavy atom. The molecule has 3 heterocycles. The van der Waals surface area contributed by atoms with E-state index < -0.39 is 0 Å². The Morgan fingerprint density at radius 2 is 1.94 bits per heavy atom. The quantitative estimate of drug-likeness (QED) is 0.503. The van der Waals surface area contributed by atoms with Gasteiger partial charge in [0.25, 0.3) is 0 Å². The molecule has 1 aromatic carbocycles. The molecule has 35 heavy (non-hydrogen) atoms. The first-order valence-electron chi connectivity index (χ1n) is 13.4. The van der Waals surface area contributed by atoms with Crippen LogP contribution in [0.2, 0.25) is 0 Å².